The quantitative estimate of drug-likeness (QED) is 0.580. The van der Waals surface area contributed by atoms with Crippen LogP contribution >= 0.6 is 22.9 Å². The number of nitrogens with zero attached hydrogens (tertiary/aromatic N) is 2. The molecule has 0 saturated heterocycles. The van der Waals surface area contributed by atoms with Gasteiger partial charge in [0.25, 0.3) is 0 Å². The van der Waals surface area contributed by atoms with Crippen LogP contribution in [0, 0.1) is 12.8 Å². The van der Waals surface area contributed by atoms with Crippen LogP contribution in [0.25, 0.3) is 10.4 Å². The van der Waals surface area contributed by atoms with Crippen molar-refractivity contribution in [2.45, 2.75) is 53.2 Å². The van der Waals surface area contributed by atoms with Crippen LogP contribution in [-0.4, -0.2) is 40.7 Å². The maximum absolute atomic E-state index is 12.7. The van der Waals surface area contributed by atoms with Crippen LogP contribution in [0.1, 0.15) is 40.3 Å². The van der Waals surface area contributed by atoms with Crippen LogP contribution in [0.15, 0.2) is 18.3 Å². The Labute approximate surface area is 186 Å². The van der Waals surface area contributed by atoms with Gasteiger partial charge in [0.1, 0.15) is 16.8 Å². The fraction of sp³-hybridized carbons (Fsp3) is 0.500. The second-order valence-electron chi connectivity index (χ2n) is 7.66. The molecule has 2 aromatic heterocycles. The number of anilines is 1. The van der Waals surface area contributed by atoms with E-state index in [2.05, 4.69) is 26.3 Å². The SMILES string of the molecule is CN.Cc1nc(NC(=O)C(NC(=O)OC(C)(C)C)C(C)C)sc1-c1ccc(Cl)nc1. The summed E-state index contributed by atoms with van der Waals surface area (Å²) in [6, 6.07) is 2.80. The normalized spacial score (nSPS) is 11.9. The smallest absolute Gasteiger partial charge is 0.408 e. The minimum Gasteiger partial charge on any atom is -0.444 e. The van der Waals surface area contributed by atoms with Crippen LogP contribution in [0.4, 0.5) is 9.93 Å². The summed E-state index contributed by atoms with van der Waals surface area (Å²) in [7, 11) is 1.50. The average Bonchev–Trinajstić information content (AvgIpc) is 3.00. The number of hydrogen-bond donors (Lipinski definition) is 3. The first-order valence-electron chi connectivity index (χ1n) is 9.43. The summed E-state index contributed by atoms with van der Waals surface area (Å²) in [4.78, 5) is 34.1. The van der Waals surface area contributed by atoms with E-state index in [1.54, 1.807) is 33.0 Å². The number of aryl methyl sites for hydroxylation is 1. The molecule has 30 heavy (non-hydrogen) atoms. The third kappa shape index (κ3) is 7.89. The average molecular weight is 456 g/mol. The number of ether oxygens (including phenoxy) is 1. The number of amides is 2. The molecule has 0 radical (unpaired) electrons. The number of halogens is 1. The lowest BCUT2D eigenvalue weighted by molar-refractivity contribution is -0.119. The highest BCUT2D eigenvalue weighted by atomic mass is 35.5. The Morgan fingerprint density at radius 3 is 2.37 bits per heavy atom. The summed E-state index contributed by atoms with van der Waals surface area (Å²) in [6.45, 7) is 10.8. The van der Waals surface area contributed by atoms with E-state index in [-0.39, 0.29) is 11.8 Å². The Kier molecular flexibility index (Phi) is 9.67. The van der Waals surface area contributed by atoms with Crippen LogP contribution in [0.3, 0.4) is 0 Å². The van der Waals surface area contributed by atoms with E-state index in [0.29, 0.717) is 10.3 Å². The zero-order chi connectivity index (χ0) is 23.1. The first kappa shape index (κ1) is 25.8. The molecule has 1 unspecified atom stereocenters. The number of carbonyl (C=O) groups excluding carboxylic acids is 2. The predicted molar refractivity (Wildman–Crippen MR) is 122 cm³/mol. The van der Waals surface area contributed by atoms with Gasteiger partial charge in [0.2, 0.25) is 5.91 Å². The largest absolute Gasteiger partial charge is 0.444 e. The lowest BCUT2D eigenvalue weighted by Crippen LogP contribution is -2.48. The molecule has 4 N–H and O–H groups in total. The van der Waals surface area contributed by atoms with Gasteiger partial charge in [0.15, 0.2) is 5.13 Å². The number of nitrogens with one attached hydrogen (secondary N) is 2. The van der Waals surface area contributed by atoms with Gasteiger partial charge in [-0.2, -0.15) is 0 Å². The van der Waals surface area contributed by atoms with Crippen LogP contribution < -0.4 is 16.4 Å². The number of aromatic nitrogens is 2. The first-order chi connectivity index (χ1) is 14.0. The van der Waals surface area contributed by atoms with Crippen LogP contribution in [0.5, 0.6) is 0 Å². The highest BCUT2D eigenvalue weighted by Gasteiger charge is 2.27. The molecular weight excluding hydrogens is 426 g/mol. The highest BCUT2D eigenvalue weighted by Crippen LogP contribution is 2.32. The summed E-state index contributed by atoms with van der Waals surface area (Å²) in [5.74, 6) is -0.482. The molecular formula is C20H30ClN5O3S. The molecule has 0 aliphatic rings. The molecule has 0 spiro atoms. The van der Waals surface area contributed by atoms with E-state index in [9.17, 15) is 9.59 Å². The third-order valence-electron chi connectivity index (χ3n) is 3.64. The maximum Gasteiger partial charge on any atom is 0.408 e. The number of nitrogens with two attached hydrogens (primary N) is 1. The van der Waals surface area contributed by atoms with E-state index in [4.69, 9.17) is 16.3 Å². The Balaban J connectivity index is 0.00000218. The van der Waals surface area contributed by atoms with Gasteiger partial charge in [0, 0.05) is 11.8 Å². The van der Waals surface area contributed by atoms with Gasteiger partial charge in [-0.1, -0.05) is 36.8 Å². The lowest BCUT2D eigenvalue weighted by atomic mass is 10.0. The molecule has 0 saturated carbocycles. The van der Waals surface area contributed by atoms with Crippen molar-refractivity contribution >= 4 is 40.1 Å². The Morgan fingerprint density at radius 2 is 1.87 bits per heavy atom. The summed E-state index contributed by atoms with van der Waals surface area (Å²) in [5, 5.41) is 6.27. The molecule has 0 aliphatic carbocycles. The highest BCUT2D eigenvalue weighted by molar-refractivity contribution is 7.19. The predicted octanol–water partition coefficient (Wildman–Crippen LogP) is 4.23. The van der Waals surface area contributed by atoms with Crippen molar-refractivity contribution in [1.82, 2.24) is 15.3 Å². The van der Waals surface area contributed by atoms with E-state index >= 15 is 0 Å². The topological polar surface area (TPSA) is 119 Å². The number of rotatable bonds is 5. The van der Waals surface area contributed by atoms with Gasteiger partial charge in [0.05, 0.1) is 10.6 Å². The van der Waals surface area contributed by atoms with Gasteiger partial charge in [-0.15, -0.1) is 0 Å². The molecule has 0 aromatic carbocycles. The van der Waals surface area contributed by atoms with E-state index in [1.165, 1.54) is 18.4 Å². The van der Waals surface area contributed by atoms with Crippen LogP contribution in [-0.2, 0) is 9.53 Å². The maximum atomic E-state index is 12.7. The van der Waals surface area contributed by atoms with Crippen molar-refractivity contribution in [2.24, 2.45) is 11.7 Å². The van der Waals surface area contributed by atoms with E-state index < -0.39 is 17.7 Å². The van der Waals surface area contributed by atoms with Crippen LogP contribution in [0.2, 0.25) is 5.15 Å². The number of carbonyl (C=O) groups is 2. The Morgan fingerprint density at radius 1 is 1.23 bits per heavy atom. The van der Waals surface area contributed by atoms with Crippen molar-refractivity contribution in [3.8, 4) is 10.4 Å². The summed E-state index contributed by atoms with van der Waals surface area (Å²) >= 11 is 7.17. The summed E-state index contributed by atoms with van der Waals surface area (Å²) in [5.41, 5.74) is 5.49. The van der Waals surface area contributed by atoms with Gasteiger partial charge in [-0.3, -0.25) is 4.79 Å². The second kappa shape index (κ2) is 11.2. The number of thiazole rings is 1. The van der Waals surface area contributed by atoms with Gasteiger partial charge < -0.3 is 21.1 Å². The van der Waals surface area contributed by atoms with Gasteiger partial charge in [-0.05, 0) is 52.8 Å². The first-order valence-corrected chi connectivity index (χ1v) is 10.6. The zero-order valence-corrected chi connectivity index (χ0v) is 19.9. The number of pyridine rings is 1. The zero-order valence-electron chi connectivity index (χ0n) is 18.4. The molecule has 0 bridgehead atoms. The Bertz CT molecular complexity index is 847. The molecule has 0 aliphatic heterocycles. The fourth-order valence-electron chi connectivity index (χ4n) is 2.38. The van der Waals surface area contributed by atoms with Crippen molar-refractivity contribution in [3.05, 3.63) is 29.2 Å². The second-order valence-corrected chi connectivity index (χ2v) is 9.05. The van der Waals surface area contributed by atoms with Crippen molar-refractivity contribution < 1.29 is 14.3 Å². The third-order valence-corrected chi connectivity index (χ3v) is 4.98. The molecule has 1 atom stereocenters. The molecule has 0 fully saturated rings. The van der Waals surface area contributed by atoms with Crippen molar-refractivity contribution in [3.63, 3.8) is 0 Å². The van der Waals surface area contributed by atoms with Gasteiger partial charge >= 0.3 is 6.09 Å². The Hall–Kier alpha value is -2.23. The van der Waals surface area contributed by atoms with Crippen molar-refractivity contribution in [1.29, 1.82) is 0 Å². The molecule has 8 nitrogen and oxygen atoms in total. The molecule has 2 aromatic rings. The standard InChI is InChI=1S/C19H25ClN4O3S.CH5N/c1-10(2)14(23-18(26)27-19(4,5)6)16(25)24-17-22-11(3)15(28-17)12-7-8-13(20)21-9-12;1-2/h7-10,14H,1-6H3,(H,23,26)(H,22,24,25);2H2,1H3. The van der Waals surface area contributed by atoms with Crippen molar-refractivity contribution in [2.75, 3.05) is 12.4 Å². The van der Waals surface area contributed by atoms with E-state index in [0.717, 1.165) is 16.1 Å². The molecule has 2 rings (SSSR count). The molecule has 166 valence electrons. The molecule has 2 amide bonds. The molecule has 10 heteroatoms. The minimum absolute atomic E-state index is 0.131. The fourth-order valence-corrected chi connectivity index (χ4v) is 3.45. The summed E-state index contributed by atoms with van der Waals surface area (Å²) in [6.07, 6.45) is 1.03. The van der Waals surface area contributed by atoms with E-state index in [1.807, 2.05) is 26.8 Å². The minimum atomic E-state index is -0.750. The van der Waals surface area contributed by atoms with Gasteiger partial charge in [-0.25, -0.2) is 14.8 Å². The number of hydrogen-bond acceptors (Lipinski definition) is 7. The number of alkyl carbamates (subject to hydrolysis) is 1. The monoisotopic (exact) mass is 455 g/mol. The molecule has 2 heterocycles. The summed E-state index contributed by atoms with van der Waals surface area (Å²) < 4.78 is 5.25. The lowest BCUT2D eigenvalue weighted by Gasteiger charge is -2.24.